The van der Waals surface area contributed by atoms with Crippen molar-refractivity contribution in [3.05, 3.63) is 0 Å². The Balaban J connectivity index is 1.44. The highest BCUT2D eigenvalue weighted by molar-refractivity contribution is 4.97. The van der Waals surface area contributed by atoms with Gasteiger partial charge in [-0.1, -0.05) is 12.8 Å². The quantitative estimate of drug-likeness (QED) is 0.727. The van der Waals surface area contributed by atoms with Crippen LogP contribution in [0.3, 0.4) is 0 Å². The van der Waals surface area contributed by atoms with Crippen LogP contribution in [0.1, 0.15) is 51.4 Å². The van der Waals surface area contributed by atoms with Gasteiger partial charge in [0.1, 0.15) is 0 Å². The minimum Gasteiger partial charge on any atom is -0.299 e. The SMILES string of the molecule is C1CCN2CCCN(C3CCN4CCCCC34)CC2C1. The Morgan fingerprint density at radius 1 is 0.500 bits per heavy atom. The second kappa shape index (κ2) is 5.94. The molecule has 0 bridgehead atoms. The lowest BCUT2D eigenvalue weighted by Gasteiger charge is -2.40. The van der Waals surface area contributed by atoms with Crippen molar-refractivity contribution in [1.82, 2.24) is 14.7 Å². The smallest absolute Gasteiger partial charge is 0.0264 e. The highest BCUT2D eigenvalue weighted by Gasteiger charge is 2.40. The fraction of sp³-hybridized carbons (Fsp3) is 1.00. The topological polar surface area (TPSA) is 9.72 Å². The van der Waals surface area contributed by atoms with Gasteiger partial charge in [0.05, 0.1) is 0 Å². The van der Waals surface area contributed by atoms with Crippen molar-refractivity contribution in [2.24, 2.45) is 0 Å². The molecule has 0 saturated carbocycles. The molecule has 4 rings (SSSR count). The van der Waals surface area contributed by atoms with Crippen molar-refractivity contribution in [3.8, 4) is 0 Å². The summed E-state index contributed by atoms with van der Waals surface area (Å²) in [7, 11) is 0. The van der Waals surface area contributed by atoms with Gasteiger partial charge in [-0.2, -0.15) is 0 Å². The Morgan fingerprint density at radius 2 is 1.20 bits per heavy atom. The van der Waals surface area contributed by atoms with Gasteiger partial charge in [0.15, 0.2) is 0 Å². The van der Waals surface area contributed by atoms with Gasteiger partial charge in [-0.05, 0) is 64.7 Å². The van der Waals surface area contributed by atoms with Gasteiger partial charge in [-0.15, -0.1) is 0 Å². The summed E-state index contributed by atoms with van der Waals surface area (Å²) >= 11 is 0. The fourth-order valence-corrected chi connectivity index (χ4v) is 5.35. The van der Waals surface area contributed by atoms with Gasteiger partial charge in [-0.3, -0.25) is 14.7 Å². The fourth-order valence-electron chi connectivity index (χ4n) is 5.35. The molecular formula is C17H31N3. The molecule has 0 aliphatic carbocycles. The number of piperidine rings is 2. The molecule has 4 aliphatic heterocycles. The van der Waals surface area contributed by atoms with Crippen molar-refractivity contribution in [1.29, 1.82) is 0 Å². The summed E-state index contributed by atoms with van der Waals surface area (Å²) in [5.74, 6) is 0. The van der Waals surface area contributed by atoms with Crippen LogP contribution in [0.25, 0.3) is 0 Å². The van der Waals surface area contributed by atoms with E-state index in [-0.39, 0.29) is 0 Å². The summed E-state index contributed by atoms with van der Waals surface area (Å²) in [6.45, 7) is 8.22. The maximum absolute atomic E-state index is 2.91. The summed E-state index contributed by atoms with van der Waals surface area (Å²) in [6.07, 6.45) is 11.6. The molecule has 3 heteroatoms. The first-order chi connectivity index (χ1) is 9.92. The van der Waals surface area contributed by atoms with Gasteiger partial charge in [0.2, 0.25) is 0 Å². The number of fused-ring (bicyclic) bond motifs is 2. The van der Waals surface area contributed by atoms with E-state index in [1.165, 1.54) is 90.6 Å². The molecule has 0 N–H and O–H groups in total. The van der Waals surface area contributed by atoms with Crippen LogP contribution in [0.4, 0.5) is 0 Å². The Kier molecular flexibility index (Phi) is 4.02. The molecule has 0 amide bonds. The van der Waals surface area contributed by atoms with Crippen LogP contribution in [0.2, 0.25) is 0 Å². The van der Waals surface area contributed by atoms with Gasteiger partial charge in [-0.25, -0.2) is 0 Å². The Hall–Kier alpha value is -0.120. The first-order valence-electron chi connectivity index (χ1n) is 9.14. The monoisotopic (exact) mass is 277 g/mol. The van der Waals surface area contributed by atoms with Crippen molar-refractivity contribution in [2.75, 3.05) is 39.3 Å². The molecule has 0 spiro atoms. The van der Waals surface area contributed by atoms with E-state index in [0.717, 1.165) is 18.1 Å². The predicted octanol–water partition coefficient (Wildman–Crippen LogP) is 2.17. The van der Waals surface area contributed by atoms with Crippen molar-refractivity contribution in [3.63, 3.8) is 0 Å². The Bertz CT molecular complexity index is 332. The van der Waals surface area contributed by atoms with Crippen LogP contribution < -0.4 is 0 Å². The second-order valence-electron chi connectivity index (χ2n) is 7.49. The van der Waals surface area contributed by atoms with E-state index >= 15 is 0 Å². The first-order valence-corrected chi connectivity index (χ1v) is 9.14. The van der Waals surface area contributed by atoms with E-state index in [4.69, 9.17) is 0 Å². The van der Waals surface area contributed by atoms with Crippen LogP contribution >= 0.6 is 0 Å². The van der Waals surface area contributed by atoms with Crippen molar-refractivity contribution < 1.29 is 0 Å². The largest absolute Gasteiger partial charge is 0.299 e. The van der Waals surface area contributed by atoms with E-state index in [1.54, 1.807) is 0 Å². The molecule has 0 aromatic heterocycles. The van der Waals surface area contributed by atoms with E-state index < -0.39 is 0 Å². The van der Waals surface area contributed by atoms with Crippen LogP contribution in [0.15, 0.2) is 0 Å². The summed E-state index contributed by atoms with van der Waals surface area (Å²) in [4.78, 5) is 8.51. The van der Waals surface area contributed by atoms with Gasteiger partial charge >= 0.3 is 0 Å². The third kappa shape index (κ3) is 2.53. The zero-order valence-electron chi connectivity index (χ0n) is 13.0. The van der Waals surface area contributed by atoms with Crippen LogP contribution in [-0.2, 0) is 0 Å². The normalized spacial score (nSPS) is 41.1. The minimum absolute atomic E-state index is 0.879. The molecule has 4 aliphatic rings. The lowest BCUT2D eigenvalue weighted by atomic mass is 9.96. The summed E-state index contributed by atoms with van der Waals surface area (Å²) in [5, 5.41) is 0. The molecule has 3 nitrogen and oxygen atoms in total. The third-order valence-electron chi connectivity index (χ3n) is 6.37. The van der Waals surface area contributed by atoms with Gasteiger partial charge in [0, 0.05) is 31.2 Å². The predicted molar refractivity (Wildman–Crippen MR) is 83.0 cm³/mol. The molecule has 114 valence electrons. The number of nitrogens with zero attached hydrogens (tertiary/aromatic N) is 3. The third-order valence-corrected chi connectivity index (χ3v) is 6.37. The number of hydrogen-bond donors (Lipinski definition) is 0. The molecule has 4 saturated heterocycles. The summed E-state index contributed by atoms with van der Waals surface area (Å²) in [6, 6.07) is 2.67. The zero-order valence-corrected chi connectivity index (χ0v) is 13.0. The van der Waals surface area contributed by atoms with Gasteiger partial charge in [0.25, 0.3) is 0 Å². The molecule has 3 atom stereocenters. The van der Waals surface area contributed by atoms with Crippen molar-refractivity contribution >= 4 is 0 Å². The maximum Gasteiger partial charge on any atom is 0.0264 e. The lowest BCUT2D eigenvalue weighted by molar-refractivity contribution is 0.0895. The Morgan fingerprint density at radius 3 is 2.15 bits per heavy atom. The number of rotatable bonds is 1. The second-order valence-corrected chi connectivity index (χ2v) is 7.49. The van der Waals surface area contributed by atoms with Crippen molar-refractivity contribution in [2.45, 2.75) is 69.5 Å². The molecule has 0 aromatic rings. The van der Waals surface area contributed by atoms with Crippen LogP contribution in [0.5, 0.6) is 0 Å². The van der Waals surface area contributed by atoms with E-state index in [2.05, 4.69) is 14.7 Å². The maximum atomic E-state index is 2.91. The lowest BCUT2D eigenvalue weighted by Crippen LogP contribution is -2.51. The average molecular weight is 277 g/mol. The molecule has 3 unspecified atom stereocenters. The molecule has 0 aromatic carbocycles. The number of hydrogen-bond acceptors (Lipinski definition) is 3. The molecule has 0 radical (unpaired) electrons. The highest BCUT2D eigenvalue weighted by atomic mass is 15.3. The first kappa shape index (κ1) is 13.5. The van der Waals surface area contributed by atoms with Gasteiger partial charge < -0.3 is 0 Å². The molecule has 4 fully saturated rings. The average Bonchev–Trinajstić information content (AvgIpc) is 2.80. The molecule has 20 heavy (non-hydrogen) atoms. The van der Waals surface area contributed by atoms with E-state index in [9.17, 15) is 0 Å². The van der Waals surface area contributed by atoms with E-state index in [1.807, 2.05) is 0 Å². The van der Waals surface area contributed by atoms with Crippen LogP contribution in [-0.4, -0.2) is 72.1 Å². The van der Waals surface area contributed by atoms with Crippen LogP contribution in [0, 0.1) is 0 Å². The zero-order chi connectivity index (χ0) is 13.4. The van der Waals surface area contributed by atoms with E-state index in [0.29, 0.717) is 0 Å². The minimum atomic E-state index is 0.879. The highest BCUT2D eigenvalue weighted by Crippen LogP contribution is 2.32. The molecular weight excluding hydrogens is 246 g/mol. The summed E-state index contributed by atoms with van der Waals surface area (Å²) in [5.41, 5.74) is 0. The Labute approximate surface area is 124 Å². The summed E-state index contributed by atoms with van der Waals surface area (Å²) < 4.78 is 0. The standard InChI is InChI=1S/C17H31N3/c1-3-9-18-11-5-12-20(14-15(18)6-1)17-8-13-19-10-4-2-7-16(17)19/h15-17H,1-14H2. The molecule has 4 heterocycles.